The van der Waals surface area contributed by atoms with E-state index in [1.165, 1.54) is 28.0 Å². The molecule has 222 valence electrons. The van der Waals surface area contributed by atoms with Gasteiger partial charge in [0.15, 0.2) is 4.80 Å². The van der Waals surface area contributed by atoms with Gasteiger partial charge in [0.05, 0.1) is 39.1 Å². The Kier molecular flexibility index (Phi) is 8.19. The summed E-state index contributed by atoms with van der Waals surface area (Å²) in [6, 6.07) is 14.9. The number of allylic oxidation sites excluding steroid dienone is 1. The number of nitro benzene ring substituents is 1. The number of non-ortho nitro benzene ring substituents is 1. The van der Waals surface area contributed by atoms with Crippen LogP contribution in [0, 0.1) is 24.0 Å². The highest BCUT2D eigenvalue weighted by Crippen LogP contribution is 2.36. The first-order chi connectivity index (χ1) is 20.5. The van der Waals surface area contributed by atoms with E-state index in [-0.39, 0.29) is 29.5 Å². The smallest absolute Gasteiger partial charge is 0.338 e. The van der Waals surface area contributed by atoms with Crippen LogP contribution in [0.25, 0.3) is 11.8 Å². The molecule has 0 N–H and O–H groups in total. The summed E-state index contributed by atoms with van der Waals surface area (Å²) < 4.78 is 15.4. The maximum absolute atomic E-state index is 14.1. The lowest BCUT2D eigenvalue weighted by molar-refractivity contribution is -0.384. The molecular formula is C32H32N4O6S. The van der Waals surface area contributed by atoms with Crippen LogP contribution in [0.3, 0.4) is 0 Å². The normalized spacial score (nSPS) is 15.0. The summed E-state index contributed by atoms with van der Waals surface area (Å²) in [6.45, 7) is 11.3. The van der Waals surface area contributed by atoms with E-state index in [1.807, 2.05) is 62.6 Å². The fraction of sp³-hybridized carbons (Fsp3) is 0.281. The van der Waals surface area contributed by atoms with E-state index in [2.05, 4.69) is 4.99 Å². The average Bonchev–Trinajstić information content (AvgIpc) is 3.41. The predicted octanol–water partition coefficient (Wildman–Crippen LogP) is 4.90. The van der Waals surface area contributed by atoms with Crippen LogP contribution in [0.5, 0.6) is 5.75 Å². The van der Waals surface area contributed by atoms with Crippen LogP contribution in [0.15, 0.2) is 75.7 Å². The van der Waals surface area contributed by atoms with Gasteiger partial charge in [0.2, 0.25) is 0 Å². The second-order valence-corrected chi connectivity index (χ2v) is 11.5. The molecule has 0 bridgehead atoms. The van der Waals surface area contributed by atoms with Gasteiger partial charge in [-0.25, -0.2) is 9.79 Å². The fourth-order valence-electron chi connectivity index (χ4n) is 5.37. The van der Waals surface area contributed by atoms with E-state index in [0.29, 0.717) is 32.0 Å². The minimum atomic E-state index is -0.801. The molecule has 0 radical (unpaired) electrons. The Bertz CT molecular complexity index is 1960. The van der Waals surface area contributed by atoms with E-state index in [0.717, 1.165) is 17.0 Å². The molecule has 2 aromatic carbocycles. The first-order valence-corrected chi connectivity index (χ1v) is 14.7. The summed E-state index contributed by atoms with van der Waals surface area (Å²) in [5.41, 5.74) is 4.22. The molecule has 3 heterocycles. The number of ether oxygens (including phenoxy) is 2. The number of aromatic nitrogens is 2. The summed E-state index contributed by atoms with van der Waals surface area (Å²) in [4.78, 5) is 43.5. The molecule has 1 atom stereocenters. The van der Waals surface area contributed by atoms with E-state index in [9.17, 15) is 19.7 Å². The lowest BCUT2D eigenvalue weighted by Crippen LogP contribution is -2.40. The fourth-order valence-corrected chi connectivity index (χ4v) is 6.41. The molecule has 1 aliphatic heterocycles. The second kappa shape index (κ2) is 11.8. The molecule has 0 aliphatic carbocycles. The van der Waals surface area contributed by atoms with E-state index in [4.69, 9.17) is 9.47 Å². The zero-order valence-electron chi connectivity index (χ0n) is 24.8. The standard InChI is InChI=1S/C32H32N4O6S/c1-7-41-31(38)28-20(5)33-32-35(29(28)25-13-8-9-14-26(25)42-18(2)3)30(37)27(43-32)16-22-15-19(4)34(21(22)6)23-11-10-12-24(17-23)36(39)40/h8-18,29H,7H2,1-6H3/b27-16+/t29-/m1/s1. The molecule has 0 unspecified atom stereocenters. The number of thiazole rings is 1. The topological polar surface area (TPSA) is 118 Å². The van der Waals surface area contributed by atoms with Gasteiger partial charge in [0, 0.05) is 29.1 Å². The molecule has 11 heteroatoms. The first-order valence-electron chi connectivity index (χ1n) is 13.9. The SMILES string of the molecule is CCOC(=O)C1=C(C)N=c2s/c(=C/c3cc(C)n(-c4cccc([N+](=O)[O-])c4)c3C)c(=O)n2[C@@H]1c1ccccc1OC(C)C. The van der Waals surface area contributed by atoms with Crippen molar-refractivity contribution in [3.63, 3.8) is 0 Å². The molecule has 5 rings (SSSR count). The van der Waals surface area contributed by atoms with E-state index >= 15 is 0 Å². The van der Waals surface area contributed by atoms with Crippen molar-refractivity contribution >= 4 is 29.1 Å². The quantitative estimate of drug-likeness (QED) is 0.161. The third kappa shape index (κ3) is 5.55. The third-order valence-corrected chi connectivity index (χ3v) is 8.13. The number of esters is 1. The molecular weight excluding hydrogens is 568 g/mol. The minimum absolute atomic E-state index is 0.00522. The molecule has 0 amide bonds. The Hall–Kier alpha value is -4.77. The Morgan fingerprint density at radius 1 is 1.14 bits per heavy atom. The van der Waals surface area contributed by atoms with Gasteiger partial charge in [-0.1, -0.05) is 35.6 Å². The highest BCUT2D eigenvalue weighted by atomic mass is 32.1. The van der Waals surface area contributed by atoms with Crippen LogP contribution < -0.4 is 19.6 Å². The van der Waals surface area contributed by atoms with Gasteiger partial charge in [0.1, 0.15) is 11.8 Å². The van der Waals surface area contributed by atoms with Gasteiger partial charge in [-0.15, -0.1) is 0 Å². The number of fused-ring (bicyclic) bond motifs is 1. The zero-order valence-corrected chi connectivity index (χ0v) is 25.6. The van der Waals surface area contributed by atoms with Crippen LogP contribution in [0.4, 0.5) is 5.69 Å². The Morgan fingerprint density at radius 2 is 1.88 bits per heavy atom. The van der Waals surface area contributed by atoms with Crippen molar-refractivity contribution in [2.24, 2.45) is 4.99 Å². The number of hydrogen-bond acceptors (Lipinski definition) is 8. The van der Waals surface area contributed by atoms with Crippen molar-refractivity contribution < 1.29 is 19.2 Å². The van der Waals surface area contributed by atoms with Crippen molar-refractivity contribution in [3.8, 4) is 11.4 Å². The molecule has 0 saturated heterocycles. The molecule has 0 saturated carbocycles. The van der Waals surface area contributed by atoms with Gasteiger partial charge in [-0.3, -0.25) is 19.5 Å². The van der Waals surface area contributed by atoms with Crippen molar-refractivity contribution in [2.45, 2.75) is 53.7 Å². The summed E-state index contributed by atoms with van der Waals surface area (Å²) in [6.07, 6.45) is 1.67. The number of aryl methyl sites for hydroxylation is 1. The largest absolute Gasteiger partial charge is 0.491 e. The zero-order chi connectivity index (χ0) is 31.0. The van der Waals surface area contributed by atoms with Crippen LogP contribution in [-0.2, 0) is 9.53 Å². The Morgan fingerprint density at radius 3 is 2.58 bits per heavy atom. The molecule has 10 nitrogen and oxygen atoms in total. The highest BCUT2D eigenvalue weighted by molar-refractivity contribution is 7.07. The van der Waals surface area contributed by atoms with Gasteiger partial charge >= 0.3 is 5.97 Å². The van der Waals surface area contributed by atoms with Crippen molar-refractivity contribution in [2.75, 3.05) is 6.61 Å². The van der Waals surface area contributed by atoms with Crippen molar-refractivity contribution in [1.29, 1.82) is 0 Å². The van der Waals surface area contributed by atoms with Gasteiger partial charge in [-0.2, -0.15) is 0 Å². The van der Waals surface area contributed by atoms with Crippen molar-refractivity contribution in [3.05, 3.63) is 118 Å². The molecule has 0 spiro atoms. The number of hydrogen-bond donors (Lipinski definition) is 0. The molecule has 1 aliphatic rings. The molecule has 2 aromatic heterocycles. The maximum Gasteiger partial charge on any atom is 0.338 e. The summed E-state index contributed by atoms with van der Waals surface area (Å²) >= 11 is 1.23. The number of para-hydroxylation sites is 1. The third-order valence-electron chi connectivity index (χ3n) is 7.15. The molecule has 0 fully saturated rings. The number of carbonyl (C=O) groups is 1. The summed E-state index contributed by atoms with van der Waals surface area (Å²) in [5.74, 6) is 0.0250. The van der Waals surface area contributed by atoms with Crippen LogP contribution in [0.1, 0.15) is 56.3 Å². The highest BCUT2D eigenvalue weighted by Gasteiger charge is 2.35. The lowest BCUT2D eigenvalue weighted by Gasteiger charge is -2.26. The monoisotopic (exact) mass is 600 g/mol. The maximum atomic E-state index is 14.1. The number of carbonyl (C=O) groups excluding carboxylic acids is 1. The van der Waals surface area contributed by atoms with E-state index < -0.39 is 16.9 Å². The second-order valence-electron chi connectivity index (χ2n) is 10.4. The van der Waals surface area contributed by atoms with E-state index in [1.54, 1.807) is 32.1 Å². The number of benzene rings is 2. The Balaban J connectivity index is 1.70. The van der Waals surface area contributed by atoms with Gasteiger partial charge in [0.25, 0.3) is 11.2 Å². The number of nitrogens with zero attached hydrogens (tertiary/aromatic N) is 4. The lowest BCUT2D eigenvalue weighted by atomic mass is 9.95. The molecule has 4 aromatic rings. The molecule has 43 heavy (non-hydrogen) atoms. The average molecular weight is 601 g/mol. The van der Waals surface area contributed by atoms with Crippen molar-refractivity contribution in [1.82, 2.24) is 9.13 Å². The summed E-state index contributed by atoms with van der Waals surface area (Å²) in [7, 11) is 0. The minimum Gasteiger partial charge on any atom is -0.491 e. The number of rotatable bonds is 8. The number of nitro groups is 1. The Labute approximate surface area is 252 Å². The van der Waals surface area contributed by atoms with Crippen LogP contribution in [-0.4, -0.2) is 32.7 Å². The van der Waals surface area contributed by atoms with Gasteiger partial charge in [-0.05, 0) is 71.4 Å². The summed E-state index contributed by atoms with van der Waals surface area (Å²) in [5, 5.41) is 11.4. The first kappa shape index (κ1) is 29.7. The predicted molar refractivity (Wildman–Crippen MR) is 165 cm³/mol. The van der Waals surface area contributed by atoms with Crippen LogP contribution >= 0.6 is 11.3 Å². The van der Waals surface area contributed by atoms with Gasteiger partial charge < -0.3 is 14.0 Å². The van der Waals surface area contributed by atoms with Crippen LogP contribution in [0.2, 0.25) is 0 Å².